The Labute approximate surface area is 145 Å². The van der Waals surface area contributed by atoms with Crippen molar-refractivity contribution in [2.24, 2.45) is 0 Å². The van der Waals surface area contributed by atoms with Crippen LogP contribution < -0.4 is 10.2 Å². The summed E-state index contributed by atoms with van der Waals surface area (Å²) in [5.41, 5.74) is 1.47. The van der Waals surface area contributed by atoms with E-state index in [2.05, 4.69) is 29.4 Å². The summed E-state index contributed by atoms with van der Waals surface area (Å²) in [5.74, 6) is 1.97. The zero-order valence-corrected chi connectivity index (χ0v) is 14.9. The largest absolute Gasteiger partial charge is 0.463 e. The number of hydrogen-bond donors (Lipinski definition) is 2. The maximum absolute atomic E-state index is 5.62. The summed E-state index contributed by atoms with van der Waals surface area (Å²) >= 11 is 1.84. The lowest BCUT2D eigenvalue weighted by Crippen LogP contribution is -3.06. The second-order valence-electron chi connectivity index (χ2n) is 6.64. The summed E-state index contributed by atoms with van der Waals surface area (Å²) in [4.78, 5) is 13.0. The van der Waals surface area contributed by atoms with Gasteiger partial charge in [-0.05, 0) is 43.4 Å². The molecule has 6 heteroatoms. The van der Waals surface area contributed by atoms with E-state index >= 15 is 0 Å². The van der Waals surface area contributed by atoms with Gasteiger partial charge in [0.05, 0.1) is 32.3 Å². The quantitative estimate of drug-likeness (QED) is 0.747. The van der Waals surface area contributed by atoms with Crippen molar-refractivity contribution in [2.75, 3.05) is 26.0 Å². The molecule has 2 N–H and O–H groups in total. The molecule has 4 rings (SSSR count). The number of nitrogens with zero attached hydrogens (tertiary/aromatic N) is 2. The first kappa shape index (κ1) is 15.6. The van der Waals surface area contributed by atoms with Crippen molar-refractivity contribution in [2.45, 2.75) is 31.7 Å². The average Bonchev–Trinajstić information content (AvgIpc) is 3.22. The van der Waals surface area contributed by atoms with Gasteiger partial charge >= 0.3 is 0 Å². The van der Waals surface area contributed by atoms with E-state index in [-0.39, 0.29) is 6.04 Å². The number of aromatic nitrogens is 2. The fourth-order valence-electron chi connectivity index (χ4n) is 3.50. The maximum atomic E-state index is 5.62. The Kier molecular flexibility index (Phi) is 4.24. The van der Waals surface area contributed by atoms with Gasteiger partial charge in [-0.15, -0.1) is 11.3 Å². The molecule has 5 nitrogen and oxygen atoms in total. The lowest BCUT2D eigenvalue weighted by Gasteiger charge is -2.20. The second-order valence-corrected chi connectivity index (χ2v) is 7.72. The van der Waals surface area contributed by atoms with Crippen molar-refractivity contribution < 1.29 is 9.32 Å². The van der Waals surface area contributed by atoms with Crippen molar-refractivity contribution in [3.63, 3.8) is 0 Å². The molecular weight excluding hydrogens is 320 g/mol. The molecule has 1 aliphatic carbocycles. The van der Waals surface area contributed by atoms with Gasteiger partial charge in [0.15, 0.2) is 11.8 Å². The summed E-state index contributed by atoms with van der Waals surface area (Å²) in [5, 5.41) is 4.81. The van der Waals surface area contributed by atoms with E-state index in [1.165, 1.54) is 40.0 Å². The molecule has 0 bridgehead atoms. The third-order valence-corrected chi connectivity index (χ3v) is 6.01. The summed E-state index contributed by atoms with van der Waals surface area (Å²) in [7, 11) is 4.30. The number of likely N-dealkylation sites (N-methyl/N-ethyl adjacent to an activating group) is 1. The molecule has 0 fully saturated rings. The van der Waals surface area contributed by atoms with Gasteiger partial charge in [-0.1, -0.05) is 0 Å². The van der Waals surface area contributed by atoms with Gasteiger partial charge in [-0.2, -0.15) is 0 Å². The minimum absolute atomic E-state index is 0.250. The topological polar surface area (TPSA) is 55.4 Å². The Morgan fingerprint density at radius 2 is 2.17 bits per heavy atom. The van der Waals surface area contributed by atoms with E-state index in [1.807, 2.05) is 23.5 Å². The Morgan fingerprint density at radius 1 is 1.29 bits per heavy atom. The molecule has 0 saturated heterocycles. The summed E-state index contributed by atoms with van der Waals surface area (Å²) in [6.45, 7) is 0.784. The third-order valence-electron chi connectivity index (χ3n) is 4.81. The number of fused-ring (bicyclic) bond motifs is 3. The number of anilines is 1. The first-order chi connectivity index (χ1) is 11.7. The molecule has 3 aromatic heterocycles. The summed E-state index contributed by atoms with van der Waals surface area (Å²) in [6, 6.07) is 4.24. The van der Waals surface area contributed by atoms with Crippen LogP contribution in [-0.4, -0.2) is 30.6 Å². The van der Waals surface area contributed by atoms with Gasteiger partial charge < -0.3 is 14.6 Å². The Balaban J connectivity index is 1.63. The lowest BCUT2D eigenvalue weighted by molar-refractivity contribution is -0.891. The highest BCUT2D eigenvalue weighted by molar-refractivity contribution is 7.19. The molecule has 24 heavy (non-hydrogen) atoms. The van der Waals surface area contributed by atoms with Crippen molar-refractivity contribution in [3.8, 4) is 0 Å². The number of furan rings is 1. The summed E-state index contributed by atoms with van der Waals surface area (Å²) in [6.07, 6.45) is 8.32. The van der Waals surface area contributed by atoms with E-state index < -0.39 is 0 Å². The van der Waals surface area contributed by atoms with Crippen molar-refractivity contribution in [1.82, 2.24) is 9.97 Å². The fraction of sp³-hybridized carbons (Fsp3) is 0.444. The molecule has 0 radical (unpaired) electrons. The van der Waals surface area contributed by atoms with Crippen LogP contribution in [-0.2, 0) is 12.8 Å². The fourth-order valence-corrected chi connectivity index (χ4v) is 4.73. The normalized spacial score (nSPS) is 15.6. The number of rotatable bonds is 5. The summed E-state index contributed by atoms with van der Waals surface area (Å²) < 4.78 is 5.62. The predicted molar refractivity (Wildman–Crippen MR) is 96.8 cm³/mol. The average molecular weight is 343 g/mol. The number of aryl methyl sites for hydroxylation is 2. The molecule has 1 atom stereocenters. The van der Waals surface area contributed by atoms with Crippen LogP contribution in [0.25, 0.3) is 10.2 Å². The van der Waals surface area contributed by atoms with Crippen LogP contribution in [0.2, 0.25) is 0 Å². The first-order valence-electron chi connectivity index (χ1n) is 8.56. The van der Waals surface area contributed by atoms with Gasteiger partial charge in [0, 0.05) is 4.88 Å². The number of quaternary nitrogens is 1. The molecule has 1 aliphatic rings. The Hall–Kier alpha value is -1.92. The smallest absolute Gasteiger partial charge is 0.163 e. The third kappa shape index (κ3) is 2.80. The van der Waals surface area contributed by atoms with E-state index in [9.17, 15) is 0 Å². The van der Waals surface area contributed by atoms with Gasteiger partial charge in [-0.3, -0.25) is 0 Å². The number of hydrogen-bond acceptors (Lipinski definition) is 5. The molecule has 0 aromatic carbocycles. The second kappa shape index (κ2) is 6.53. The van der Waals surface area contributed by atoms with Crippen LogP contribution in [0.3, 0.4) is 0 Å². The molecule has 0 amide bonds. The minimum Gasteiger partial charge on any atom is -0.463 e. The molecular formula is C18H23N4OS+. The zero-order valence-electron chi connectivity index (χ0n) is 14.1. The molecule has 3 heterocycles. The van der Waals surface area contributed by atoms with Gasteiger partial charge in [0.1, 0.15) is 17.0 Å². The van der Waals surface area contributed by atoms with Crippen LogP contribution in [0.1, 0.15) is 35.1 Å². The minimum atomic E-state index is 0.250. The Bertz CT molecular complexity index is 825. The molecule has 0 aliphatic heterocycles. The van der Waals surface area contributed by atoms with E-state index in [1.54, 1.807) is 12.6 Å². The highest BCUT2D eigenvalue weighted by Crippen LogP contribution is 2.38. The van der Waals surface area contributed by atoms with E-state index in [4.69, 9.17) is 4.42 Å². The van der Waals surface area contributed by atoms with Crippen molar-refractivity contribution >= 4 is 27.4 Å². The highest BCUT2D eigenvalue weighted by Gasteiger charge is 2.23. The van der Waals surface area contributed by atoms with Crippen LogP contribution in [0.5, 0.6) is 0 Å². The lowest BCUT2D eigenvalue weighted by atomic mass is 9.97. The van der Waals surface area contributed by atoms with E-state index in [0.29, 0.717) is 0 Å². The van der Waals surface area contributed by atoms with Crippen LogP contribution in [0.15, 0.2) is 29.1 Å². The molecule has 126 valence electrons. The highest BCUT2D eigenvalue weighted by atomic mass is 32.1. The van der Waals surface area contributed by atoms with E-state index in [0.717, 1.165) is 29.4 Å². The van der Waals surface area contributed by atoms with Gasteiger partial charge in [0.25, 0.3) is 0 Å². The van der Waals surface area contributed by atoms with Crippen LogP contribution in [0.4, 0.5) is 5.82 Å². The van der Waals surface area contributed by atoms with Crippen molar-refractivity contribution in [3.05, 3.63) is 40.9 Å². The SMILES string of the molecule is C[NH+](C)[C@H](CNc1ncnc2sc3c(c12)CCCC3)c1ccco1. The zero-order chi connectivity index (χ0) is 16.5. The number of nitrogens with one attached hydrogen (secondary N) is 2. The predicted octanol–water partition coefficient (Wildman–Crippen LogP) is 2.46. The first-order valence-corrected chi connectivity index (χ1v) is 9.38. The van der Waals surface area contributed by atoms with Crippen LogP contribution >= 0.6 is 11.3 Å². The molecule has 0 spiro atoms. The Morgan fingerprint density at radius 3 is 2.96 bits per heavy atom. The number of thiophene rings is 1. The van der Waals surface area contributed by atoms with Crippen LogP contribution in [0, 0.1) is 0 Å². The monoisotopic (exact) mass is 343 g/mol. The standard InChI is InChI=1S/C18H22N4OS/c1-22(2)13(14-7-5-9-23-14)10-19-17-16-12-6-3-4-8-15(12)24-18(16)21-11-20-17/h5,7,9,11,13H,3-4,6,8,10H2,1-2H3,(H,19,20,21)/p+1/t13-/m1/s1. The van der Waals surface area contributed by atoms with Crippen molar-refractivity contribution in [1.29, 1.82) is 0 Å². The van der Waals surface area contributed by atoms with Gasteiger partial charge in [0.2, 0.25) is 0 Å². The molecule has 0 unspecified atom stereocenters. The maximum Gasteiger partial charge on any atom is 0.163 e. The molecule has 3 aromatic rings. The van der Waals surface area contributed by atoms with Gasteiger partial charge in [-0.25, -0.2) is 9.97 Å². The molecule has 0 saturated carbocycles.